The standard InChI is InChI=1S/C52H72N7O3/c1-4-17-47(46-26-37-58(38-27-46)33-14-9-11-21-51(61)62)41-48(44-22-29-53-30-23-44)40-43(5-2)45-24-35-57(36-25-45)32-13-8-10-20-50(60)54-28-12-6-7-15-34-59-39-31-55-52(59)49-19-16-18-42(3)56-49/h16,18-19,22-27,29-31,35-39,43,47-48,52H,4-15,17,20-21,28,32-34,40-41H2,1-3H3/q+1/p+2. The van der Waals surface area contributed by atoms with Gasteiger partial charge in [0.05, 0.1) is 6.21 Å². The molecule has 1 aliphatic rings. The topological polar surface area (TPSA) is 115 Å². The van der Waals surface area contributed by atoms with Gasteiger partial charge in [-0.25, -0.2) is 23.7 Å². The third-order valence-electron chi connectivity index (χ3n) is 12.5. The normalized spacial score (nSPS) is 15.0. The number of hydrogen-bond donors (Lipinski definition) is 2. The summed E-state index contributed by atoms with van der Waals surface area (Å²) in [5.74, 6) is 0.809. The maximum Gasteiger partial charge on any atom is 0.303 e. The second-order valence-corrected chi connectivity index (χ2v) is 17.3. The molecule has 10 heteroatoms. The molecule has 4 aromatic heterocycles. The fourth-order valence-corrected chi connectivity index (χ4v) is 8.90. The highest BCUT2D eigenvalue weighted by Crippen LogP contribution is 2.39. The molecule has 1 amide bonds. The number of aliphatic carboxylic acids is 1. The minimum absolute atomic E-state index is 0.0109. The van der Waals surface area contributed by atoms with Gasteiger partial charge in [-0.3, -0.25) is 14.6 Å². The summed E-state index contributed by atoms with van der Waals surface area (Å²) >= 11 is 0. The first-order chi connectivity index (χ1) is 30.3. The number of rotatable bonds is 30. The monoisotopic (exact) mass is 845 g/mol. The number of unbranched alkanes of at least 4 members (excludes halogenated alkanes) is 7. The molecule has 0 fully saturated rings. The smallest absolute Gasteiger partial charge is 0.303 e. The summed E-state index contributed by atoms with van der Waals surface area (Å²) in [6.45, 7) is 10.2. The number of pyridine rings is 4. The molecule has 0 saturated carbocycles. The van der Waals surface area contributed by atoms with Crippen molar-refractivity contribution in [1.82, 2.24) is 15.3 Å². The Labute approximate surface area is 371 Å². The van der Waals surface area contributed by atoms with Crippen LogP contribution in [0, 0.1) is 6.92 Å². The van der Waals surface area contributed by atoms with Crippen molar-refractivity contribution in [2.24, 2.45) is 4.99 Å². The molecule has 62 heavy (non-hydrogen) atoms. The number of carboxylic acids is 1. The van der Waals surface area contributed by atoms with E-state index in [1.165, 1.54) is 16.7 Å². The Morgan fingerprint density at radius 3 is 1.94 bits per heavy atom. The number of nitrogens with one attached hydrogen (secondary N) is 1. The molecule has 4 aromatic rings. The largest absolute Gasteiger partial charge is 0.481 e. The van der Waals surface area contributed by atoms with E-state index in [2.05, 4.69) is 121 Å². The van der Waals surface area contributed by atoms with Crippen LogP contribution in [0.3, 0.4) is 0 Å². The van der Waals surface area contributed by atoms with Gasteiger partial charge in [-0.05, 0) is 130 Å². The Morgan fingerprint density at radius 2 is 1.29 bits per heavy atom. The zero-order valence-electron chi connectivity index (χ0n) is 37.9. The number of carbonyl (C=O) groups is 2. The lowest BCUT2D eigenvalue weighted by molar-refractivity contribution is -0.697. The molecule has 10 nitrogen and oxygen atoms in total. The van der Waals surface area contributed by atoms with Crippen LogP contribution < -0.4 is 14.5 Å². The minimum atomic E-state index is -0.711. The van der Waals surface area contributed by atoms with E-state index in [0.717, 1.165) is 134 Å². The molecule has 332 valence electrons. The predicted octanol–water partition coefficient (Wildman–Crippen LogP) is 9.75. The van der Waals surface area contributed by atoms with Crippen LogP contribution in [0.1, 0.15) is 175 Å². The van der Waals surface area contributed by atoms with Gasteiger partial charge >= 0.3 is 5.97 Å². The summed E-state index contributed by atoms with van der Waals surface area (Å²) in [6.07, 6.45) is 33.2. The Bertz CT molecular complexity index is 1970. The second-order valence-electron chi connectivity index (χ2n) is 17.3. The molecule has 0 aromatic carbocycles. The van der Waals surface area contributed by atoms with Gasteiger partial charge < -0.3 is 10.4 Å². The van der Waals surface area contributed by atoms with E-state index in [1.807, 2.05) is 37.7 Å². The fourth-order valence-electron chi connectivity index (χ4n) is 8.90. The van der Waals surface area contributed by atoms with Crippen molar-refractivity contribution in [2.75, 3.05) is 13.1 Å². The van der Waals surface area contributed by atoms with Gasteiger partial charge in [0.1, 0.15) is 25.3 Å². The first-order valence-electron chi connectivity index (χ1n) is 23.7. The van der Waals surface area contributed by atoms with Crippen LogP contribution in [0.4, 0.5) is 0 Å². The summed E-state index contributed by atoms with van der Waals surface area (Å²) in [7, 11) is 0. The predicted molar refractivity (Wildman–Crippen MR) is 248 cm³/mol. The van der Waals surface area contributed by atoms with E-state index in [0.29, 0.717) is 24.2 Å². The molecule has 4 atom stereocenters. The van der Waals surface area contributed by atoms with E-state index in [1.54, 1.807) is 0 Å². The average molecular weight is 845 g/mol. The molecule has 1 aliphatic heterocycles. The Balaban J connectivity index is 0.993. The fraction of sp³-hybridized carbons (Fsp3) is 0.538. The lowest BCUT2D eigenvalue weighted by Gasteiger charge is -2.27. The van der Waals surface area contributed by atoms with Crippen LogP contribution in [0.5, 0.6) is 0 Å². The highest BCUT2D eigenvalue weighted by molar-refractivity contribution is 6.14. The number of nitrogens with zero attached hydrogens (tertiary/aromatic N) is 6. The number of carbonyl (C=O) groups excluding carboxylic acids is 1. The minimum Gasteiger partial charge on any atom is -0.481 e. The summed E-state index contributed by atoms with van der Waals surface area (Å²) < 4.78 is 6.80. The number of carboxylic acid groups (broad SMARTS) is 1. The van der Waals surface area contributed by atoms with E-state index in [4.69, 9.17) is 5.11 Å². The van der Waals surface area contributed by atoms with Crippen molar-refractivity contribution in [2.45, 2.75) is 167 Å². The molecule has 0 bridgehead atoms. The van der Waals surface area contributed by atoms with Crippen molar-refractivity contribution in [3.05, 3.63) is 120 Å². The van der Waals surface area contributed by atoms with Crippen molar-refractivity contribution < 1.29 is 28.4 Å². The summed E-state index contributed by atoms with van der Waals surface area (Å²) in [5, 5.41) is 12.1. The zero-order valence-corrected chi connectivity index (χ0v) is 37.9. The Morgan fingerprint density at radius 1 is 0.694 bits per heavy atom. The van der Waals surface area contributed by atoms with Crippen molar-refractivity contribution in [3.8, 4) is 0 Å². The number of hydrogen-bond acceptors (Lipinski definition) is 5. The Kier molecular flexibility index (Phi) is 20.9. The third-order valence-corrected chi connectivity index (χ3v) is 12.5. The van der Waals surface area contributed by atoms with Gasteiger partial charge in [0.15, 0.2) is 31.0 Å². The summed E-state index contributed by atoms with van der Waals surface area (Å²) in [5.41, 5.74) is 6.19. The molecule has 0 spiro atoms. The number of aliphatic imine (C=N–C) groups is 1. The summed E-state index contributed by atoms with van der Waals surface area (Å²) in [6, 6.07) is 19.8. The first-order valence-corrected chi connectivity index (χ1v) is 23.7. The van der Waals surface area contributed by atoms with E-state index >= 15 is 0 Å². The van der Waals surface area contributed by atoms with Crippen LogP contribution in [0.2, 0.25) is 0 Å². The SMILES string of the molecule is CCCC(CC(CC(CC)c1cc[n+](CCCCCC(=O)NCCCCCC[N+]2=CC=NC2c2cccc(C)n2)cc1)c1ccncc1)c1cc[n+](CCCCCC(=O)O)cc1. The first kappa shape index (κ1) is 47.9. The van der Waals surface area contributed by atoms with Crippen molar-refractivity contribution in [3.63, 3.8) is 0 Å². The summed E-state index contributed by atoms with van der Waals surface area (Å²) in [4.78, 5) is 37.0. The third kappa shape index (κ3) is 16.6. The quantitative estimate of drug-likeness (QED) is 0.0401. The lowest BCUT2D eigenvalue weighted by Crippen LogP contribution is -2.33. The van der Waals surface area contributed by atoms with E-state index < -0.39 is 5.97 Å². The van der Waals surface area contributed by atoms with Crippen LogP contribution in [0.15, 0.2) is 96.8 Å². The number of amides is 1. The van der Waals surface area contributed by atoms with Crippen molar-refractivity contribution >= 4 is 24.3 Å². The second kappa shape index (κ2) is 27.0. The van der Waals surface area contributed by atoms with Gasteiger partial charge in [-0.1, -0.05) is 32.8 Å². The Hall–Kier alpha value is -5.12. The van der Waals surface area contributed by atoms with Crippen molar-refractivity contribution in [1.29, 1.82) is 0 Å². The van der Waals surface area contributed by atoms with Gasteiger partial charge in [-0.2, -0.15) is 0 Å². The number of aromatic nitrogens is 4. The highest BCUT2D eigenvalue weighted by atomic mass is 16.4. The van der Waals surface area contributed by atoms with Crippen LogP contribution >= 0.6 is 0 Å². The van der Waals surface area contributed by atoms with Gasteiger partial charge in [0.25, 0.3) is 6.17 Å². The molecule has 5 rings (SSSR count). The molecule has 2 N–H and O–H groups in total. The lowest BCUT2D eigenvalue weighted by atomic mass is 9.77. The van der Waals surface area contributed by atoms with E-state index in [9.17, 15) is 9.59 Å². The highest BCUT2D eigenvalue weighted by Gasteiger charge is 2.26. The maximum atomic E-state index is 12.5. The van der Waals surface area contributed by atoms with E-state index in [-0.39, 0.29) is 18.5 Å². The van der Waals surface area contributed by atoms with Crippen LogP contribution in [-0.2, 0) is 22.7 Å². The molecule has 4 unspecified atom stereocenters. The molecule has 0 aliphatic carbocycles. The molecule has 0 saturated heterocycles. The molecular weight excluding hydrogens is 771 g/mol. The van der Waals surface area contributed by atoms with Gasteiger partial charge in [-0.15, -0.1) is 0 Å². The molecule has 0 radical (unpaired) electrons. The van der Waals surface area contributed by atoms with Gasteiger partial charge in [0.2, 0.25) is 5.91 Å². The zero-order chi connectivity index (χ0) is 43.8. The maximum absolute atomic E-state index is 12.5. The molecule has 5 heterocycles. The van der Waals surface area contributed by atoms with Gasteiger partial charge in [0, 0.05) is 81.0 Å². The number of aryl methyl sites for hydroxylation is 3. The average Bonchev–Trinajstić information content (AvgIpc) is 3.76. The molecular formula is C52H74N7O3+3. The van der Waals surface area contributed by atoms with Crippen LogP contribution in [-0.4, -0.2) is 57.0 Å². The van der Waals surface area contributed by atoms with Crippen LogP contribution in [0.25, 0.3) is 0 Å².